The van der Waals surface area contributed by atoms with Crippen molar-refractivity contribution >= 4 is 17.8 Å². The maximum absolute atomic E-state index is 13.0. The van der Waals surface area contributed by atoms with Crippen LogP contribution in [0, 0.1) is 5.92 Å². The van der Waals surface area contributed by atoms with Gasteiger partial charge in [0.2, 0.25) is 11.8 Å². The number of carbonyl (C=O) groups is 3. The lowest BCUT2D eigenvalue weighted by molar-refractivity contribution is -0.142. The van der Waals surface area contributed by atoms with Crippen molar-refractivity contribution in [2.75, 3.05) is 0 Å². The summed E-state index contributed by atoms with van der Waals surface area (Å²) in [5.41, 5.74) is 7.61. The van der Waals surface area contributed by atoms with Gasteiger partial charge in [0, 0.05) is 12.8 Å². The molecule has 5 N–H and O–H groups in total. The van der Waals surface area contributed by atoms with Crippen molar-refractivity contribution in [1.29, 1.82) is 0 Å². The number of hydrogen-bond donors (Lipinski definition) is 4. The molecule has 166 valence electrons. The molecule has 0 bridgehead atoms. The van der Waals surface area contributed by atoms with Crippen LogP contribution in [0.4, 0.5) is 0 Å². The first kappa shape index (κ1) is 24.1. The van der Waals surface area contributed by atoms with E-state index in [2.05, 4.69) is 10.6 Å². The van der Waals surface area contributed by atoms with E-state index in [0.717, 1.165) is 11.1 Å². The first-order chi connectivity index (χ1) is 14.8. The number of aliphatic carboxylic acids is 1. The zero-order valence-electron chi connectivity index (χ0n) is 18.0. The van der Waals surface area contributed by atoms with Gasteiger partial charge < -0.3 is 21.5 Å². The van der Waals surface area contributed by atoms with Gasteiger partial charge in [-0.25, -0.2) is 4.79 Å². The fourth-order valence-corrected chi connectivity index (χ4v) is 3.27. The molecule has 0 aliphatic rings. The van der Waals surface area contributed by atoms with Crippen LogP contribution in [0.25, 0.3) is 0 Å². The van der Waals surface area contributed by atoms with E-state index < -0.39 is 35.9 Å². The van der Waals surface area contributed by atoms with Crippen molar-refractivity contribution in [3.8, 4) is 0 Å². The van der Waals surface area contributed by atoms with Crippen molar-refractivity contribution in [2.24, 2.45) is 11.7 Å². The lowest BCUT2D eigenvalue weighted by atomic mass is 10.0. The van der Waals surface area contributed by atoms with Gasteiger partial charge in [0.05, 0.1) is 6.04 Å². The van der Waals surface area contributed by atoms with Crippen LogP contribution in [0.5, 0.6) is 0 Å². The second-order valence-corrected chi connectivity index (χ2v) is 8.08. The highest BCUT2D eigenvalue weighted by atomic mass is 16.4. The molecule has 2 aromatic carbocycles. The molecule has 0 aliphatic carbocycles. The molecule has 0 radical (unpaired) electrons. The van der Waals surface area contributed by atoms with Gasteiger partial charge in [-0.3, -0.25) is 9.59 Å². The number of carboxylic acids is 1. The molecule has 2 amide bonds. The largest absolute Gasteiger partial charge is 0.480 e. The molecular formula is C24H31N3O4. The summed E-state index contributed by atoms with van der Waals surface area (Å²) < 4.78 is 0. The molecule has 0 saturated carbocycles. The Balaban J connectivity index is 2.15. The standard InChI is InChI=1S/C24H31N3O4/c1-16(2)13-19(25)22(28)26-20(14-17-9-5-3-6-10-17)23(29)27-21(24(30)31)15-18-11-7-4-8-12-18/h3-12,16,19-21H,13-15,25H2,1-2H3,(H,26,28)(H,27,29)(H,30,31)/t19-,20-,21-/m0/s1. The number of benzene rings is 2. The molecule has 3 atom stereocenters. The summed E-state index contributed by atoms with van der Waals surface area (Å²) in [7, 11) is 0. The molecule has 7 nitrogen and oxygen atoms in total. The van der Waals surface area contributed by atoms with Crippen LogP contribution in [0.15, 0.2) is 60.7 Å². The Morgan fingerprint density at radius 3 is 1.71 bits per heavy atom. The quantitative estimate of drug-likeness (QED) is 0.438. The molecule has 0 spiro atoms. The second kappa shape index (κ2) is 11.9. The average molecular weight is 426 g/mol. The van der Waals surface area contributed by atoms with Crippen molar-refractivity contribution < 1.29 is 19.5 Å². The summed E-state index contributed by atoms with van der Waals surface area (Å²) in [6.07, 6.45) is 0.850. The van der Waals surface area contributed by atoms with E-state index in [0.29, 0.717) is 6.42 Å². The van der Waals surface area contributed by atoms with Crippen LogP contribution >= 0.6 is 0 Å². The molecule has 0 fully saturated rings. The van der Waals surface area contributed by atoms with Gasteiger partial charge in [0.15, 0.2) is 0 Å². The SMILES string of the molecule is CC(C)C[C@H](N)C(=O)N[C@@H](Cc1ccccc1)C(=O)N[C@@H](Cc1ccccc1)C(=O)O. The molecule has 0 unspecified atom stereocenters. The van der Waals surface area contributed by atoms with E-state index >= 15 is 0 Å². The van der Waals surface area contributed by atoms with Gasteiger partial charge in [-0.2, -0.15) is 0 Å². The van der Waals surface area contributed by atoms with Crippen LogP contribution in [-0.4, -0.2) is 41.0 Å². The van der Waals surface area contributed by atoms with E-state index in [-0.39, 0.29) is 18.8 Å². The fraction of sp³-hybridized carbons (Fsp3) is 0.375. The molecule has 0 heterocycles. The van der Waals surface area contributed by atoms with E-state index in [1.807, 2.05) is 62.4 Å². The summed E-state index contributed by atoms with van der Waals surface area (Å²) in [6, 6.07) is 15.5. The summed E-state index contributed by atoms with van der Waals surface area (Å²) in [5.74, 6) is -1.90. The molecule has 2 aromatic rings. The number of carboxylic acid groups (broad SMARTS) is 1. The van der Waals surface area contributed by atoms with Gasteiger partial charge in [0.25, 0.3) is 0 Å². The Hall–Kier alpha value is -3.19. The van der Waals surface area contributed by atoms with Crippen LogP contribution in [-0.2, 0) is 27.2 Å². The molecular weight excluding hydrogens is 394 g/mol. The number of hydrogen-bond acceptors (Lipinski definition) is 4. The van der Waals surface area contributed by atoms with E-state index in [1.54, 1.807) is 12.1 Å². The number of carbonyl (C=O) groups excluding carboxylic acids is 2. The second-order valence-electron chi connectivity index (χ2n) is 8.08. The lowest BCUT2D eigenvalue weighted by Gasteiger charge is -2.23. The first-order valence-corrected chi connectivity index (χ1v) is 10.4. The minimum atomic E-state index is -1.14. The van der Waals surface area contributed by atoms with Crippen LogP contribution in [0.2, 0.25) is 0 Å². The predicted octanol–water partition coefficient (Wildman–Crippen LogP) is 1.90. The van der Waals surface area contributed by atoms with Crippen molar-refractivity contribution in [3.05, 3.63) is 71.8 Å². The van der Waals surface area contributed by atoms with Crippen LogP contribution in [0.1, 0.15) is 31.4 Å². The van der Waals surface area contributed by atoms with Gasteiger partial charge in [0.1, 0.15) is 12.1 Å². The van der Waals surface area contributed by atoms with Crippen molar-refractivity contribution in [3.63, 3.8) is 0 Å². The maximum Gasteiger partial charge on any atom is 0.326 e. The highest BCUT2D eigenvalue weighted by Crippen LogP contribution is 2.08. The topological polar surface area (TPSA) is 122 Å². The summed E-state index contributed by atoms with van der Waals surface area (Å²) >= 11 is 0. The highest BCUT2D eigenvalue weighted by Gasteiger charge is 2.28. The zero-order chi connectivity index (χ0) is 22.8. The fourth-order valence-electron chi connectivity index (χ4n) is 3.27. The molecule has 31 heavy (non-hydrogen) atoms. The van der Waals surface area contributed by atoms with Gasteiger partial charge in [-0.1, -0.05) is 74.5 Å². The maximum atomic E-state index is 13.0. The average Bonchev–Trinajstić information content (AvgIpc) is 2.73. The van der Waals surface area contributed by atoms with Crippen LogP contribution < -0.4 is 16.4 Å². The van der Waals surface area contributed by atoms with Crippen LogP contribution in [0.3, 0.4) is 0 Å². The third kappa shape index (κ3) is 8.22. The molecule has 7 heteroatoms. The first-order valence-electron chi connectivity index (χ1n) is 10.4. The Morgan fingerprint density at radius 2 is 1.26 bits per heavy atom. The molecule has 0 aromatic heterocycles. The molecule has 0 saturated heterocycles. The minimum absolute atomic E-state index is 0.140. The predicted molar refractivity (Wildman–Crippen MR) is 119 cm³/mol. The van der Waals surface area contributed by atoms with E-state index in [9.17, 15) is 19.5 Å². The minimum Gasteiger partial charge on any atom is -0.480 e. The third-order valence-electron chi connectivity index (χ3n) is 4.87. The van der Waals surface area contributed by atoms with Gasteiger partial charge in [-0.15, -0.1) is 0 Å². The van der Waals surface area contributed by atoms with Crippen molar-refractivity contribution in [2.45, 2.75) is 51.2 Å². The normalized spacial score (nSPS) is 13.8. The molecule has 0 aliphatic heterocycles. The van der Waals surface area contributed by atoms with Gasteiger partial charge in [-0.05, 0) is 23.5 Å². The Morgan fingerprint density at radius 1 is 0.806 bits per heavy atom. The Labute approximate surface area is 183 Å². The number of rotatable bonds is 11. The van der Waals surface area contributed by atoms with Gasteiger partial charge >= 0.3 is 5.97 Å². The summed E-state index contributed by atoms with van der Waals surface area (Å²) in [5, 5.41) is 14.9. The third-order valence-corrected chi connectivity index (χ3v) is 4.87. The summed E-state index contributed by atoms with van der Waals surface area (Å²) in [4.78, 5) is 37.3. The Kier molecular flexibility index (Phi) is 9.21. The number of nitrogens with two attached hydrogens (primary N) is 1. The number of nitrogens with one attached hydrogen (secondary N) is 2. The monoisotopic (exact) mass is 425 g/mol. The van der Waals surface area contributed by atoms with E-state index in [1.165, 1.54) is 0 Å². The molecule has 2 rings (SSSR count). The smallest absolute Gasteiger partial charge is 0.326 e. The lowest BCUT2D eigenvalue weighted by Crippen LogP contribution is -2.55. The summed E-state index contributed by atoms with van der Waals surface area (Å²) in [6.45, 7) is 3.92. The highest BCUT2D eigenvalue weighted by molar-refractivity contribution is 5.92. The van der Waals surface area contributed by atoms with E-state index in [4.69, 9.17) is 5.73 Å². The Bertz CT molecular complexity index is 856. The van der Waals surface area contributed by atoms with Crippen molar-refractivity contribution in [1.82, 2.24) is 10.6 Å². The number of amides is 2. The zero-order valence-corrected chi connectivity index (χ0v) is 18.0.